The molecule has 1 aliphatic rings. The number of carbonyl (C=O) groups excluding carboxylic acids is 1. The quantitative estimate of drug-likeness (QED) is 0.674. The van der Waals surface area contributed by atoms with Crippen LogP contribution in [0.1, 0.15) is 64.7 Å². The molecule has 1 rings (SSSR count). The molecule has 0 amide bonds. The normalized spacial score (nSPS) is 30.9. The first-order chi connectivity index (χ1) is 8.68. The minimum Gasteiger partial charge on any atom is -0.460 e. The second-order valence-electron chi connectivity index (χ2n) is 5.23. The third kappa shape index (κ3) is 7.49. The largest absolute Gasteiger partial charge is 0.460 e. The van der Waals surface area contributed by atoms with Crippen LogP contribution in [-0.4, -0.2) is 23.3 Å². The van der Waals surface area contributed by atoms with Crippen LogP contribution in [0.3, 0.4) is 0 Å². The smallest absolute Gasteiger partial charge is 0.330 e. The van der Waals surface area contributed by atoms with E-state index in [0.29, 0.717) is 0 Å². The summed E-state index contributed by atoms with van der Waals surface area (Å²) in [6, 6.07) is 0. The van der Waals surface area contributed by atoms with Crippen LogP contribution >= 0.6 is 0 Å². The maximum Gasteiger partial charge on any atom is 0.330 e. The first kappa shape index (κ1) is 15.2. The molecule has 1 aliphatic heterocycles. The zero-order valence-electron chi connectivity index (χ0n) is 11.4. The van der Waals surface area contributed by atoms with Crippen molar-refractivity contribution in [1.82, 2.24) is 0 Å². The molecule has 1 heterocycles. The average molecular weight is 254 g/mol. The van der Waals surface area contributed by atoms with Gasteiger partial charge in [-0.3, -0.25) is 0 Å². The van der Waals surface area contributed by atoms with Crippen LogP contribution in [0, 0.1) is 0 Å². The highest BCUT2D eigenvalue weighted by molar-refractivity contribution is 5.82. The Balaban J connectivity index is 2.42. The molecule has 0 fully saturated rings. The predicted molar refractivity (Wildman–Crippen MR) is 72.3 cm³/mol. The second-order valence-corrected chi connectivity index (χ2v) is 5.23. The molecular formula is C15H26O3. The fraction of sp³-hybridized carbons (Fsp3) is 0.800. The molecule has 0 bridgehead atoms. The van der Waals surface area contributed by atoms with E-state index in [1.807, 2.05) is 6.92 Å². The first-order valence-electron chi connectivity index (χ1n) is 7.25. The number of hydrogen-bond donors (Lipinski definition) is 1. The minimum absolute atomic E-state index is 0.0237. The van der Waals surface area contributed by atoms with Crippen molar-refractivity contribution < 1.29 is 14.6 Å². The van der Waals surface area contributed by atoms with E-state index in [1.54, 1.807) is 6.08 Å². The Bertz CT molecular complexity index is 260. The lowest BCUT2D eigenvalue weighted by molar-refractivity contribution is -0.142. The molecule has 0 aromatic rings. The van der Waals surface area contributed by atoms with E-state index in [9.17, 15) is 9.90 Å². The summed E-state index contributed by atoms with van der Waals surface area (Å²) >= 11 is 0. The molecule has 0 unspecified atom stereocenters. The van der Waals surface area contributed by atoms with Crippen LogP contribution in [0.15, 0.2) is 12.2 Å². The third-order valence-corrected chi connectivity index (χ3v) is 3.38. The molecule has 0 saturated carbocycles. The van der Waals surface area contributed by atoms with Crippen LogP contribution in [0.4, 0.5) is 0 Å². The number of rotatable bonds is 0. The summed E-state index contributed by atoms with van der Waals surface area (Å²) in [5.41, 5.74) is 0. The van der Waals surface area contributed by atoms with Crippen molar-refractivity contribution in [2.24, 2.45) is 0 Å². The van der Waals surface area contributed by atoms with Crippen LogP contribution in [0.2, 0.25) is 0 Å². The van der Waals surface area contributed by atoms with Crippen LogP contribution < -0.4 is 0 Å². The molecule has 104 valence electrons. The van der Waals surface area contributed by atoms with Gasteiger partial charge in [-0.25, -0.2) is 4.79 Å². The van der Waals surface area contributed by atoms with E-state index in [1.165, 1.54) is 38.2 Å². The van der Waals surface area contributed by atoms with Crippen molar-refractivity contribution in [3.05, 3.63) is 12.2 Å². The van der Waals surface area contributed by atoms with Gasteiger partial charge in [0.05, 0.1) is 12.2 Å². The number of esters is 1. The first-order valence-corrected chi connectivity index (χ1v) is 7.25. The summed E-state index contributed by atoms with van der Waals surface area (Å²) in [6.45, 7) is 1.93. The molecule has 18 heavy (non-hydrogen) atoms. The molecular weight excluding hydrogens is 228 g/mol. The van der Waals surface area contributed by atoms with Gasteiger partial charge in [-0.2, -0.15) is 0 Å². The van der Waals surface area contributed by atoms with Crippen molar-refractivity contribution in [3.63, 3.8) is 0 Å². The fourth-order valence-corrected chi connectivity index (χ4v) is 2.25. The minimum atomic E-state index is -0.516. The Kier molecular flexibility index (Phi) is 7.74. The molecule has 0 spiro atoms. The van der Waals surface area contributed by atoms with Gasteiger partial charge in [0.2, 0.25) is 0 Å². The molecule has 0 aliphatic carbocycles. The zero-order valence-corrected chi connectivity index (χ0v) is 11.4. The zero-order chi connectivity index (χ0) is 13.2. The van der Waals surface area contributed by atoms with Crippen LogP contribution in [-0.2, 0) is 9.53 Å². The van der Waals surface area contributed by atoms with Crippen LogP contribution in [0.25, 0.3) is 0 Å². The Hall–Kier alpha value is -0.830. The average Bonchev–Trinajstić information content (AvgIpc) is 2.33. The Morgan fingerprint density at radius 2 is 1.61 bits per heavy atom. The van der Waals surface area contributed by atoms with Gasteiger partial charge in [0.15, 0.2) is 0 Å². The number of hydrogen-bond acceptors (Lipinski definition) is 3. The molecule has 1 N–H and O–H groups in total. The number of cyclic esters (lactones) is 1. The van der Waals surface area contributed by atoms with E-state index in [-0.39, 0.29) is 12.1 Å². The van der Waals surface area contributed by atoms with Gasteiger partial charge in [-0.15, -0.1) is 0 Å². The van der Waals surface area contributed by atoms with E-state index in [2.05, 4.69) is 0 Å². The number of aliphatic hydroxyl groups excluding tert-OH is 1. The molecule has 0 radical (unpaired) electrons. The van der Waals surface area contributed by atoms with Crippen molar-refractivity contribution in [1.29, 1.82) is 0 Å². The fourth-order valence-electron chi connectivity index (χ4n) is 2.25. The van der Waals surface area contributed by atoms with Crippen molar-refractivity contribution >= 4 is 5.97 Å². The molecule has 0 aromatic carbocycles. The van der Waals surface area contributed by atoms with Gasteiger partial charge in [0, 0.05) is 6.08 Å². The Morgan fingerprint density at radius 1 is 1.06 bits per heavy atom. The topological polar surface area (TPSA) is 46.5 Å². The van der Waals surface area contributed by atoms with Crippen molar-refractivity contribution in [2.45, 2.75) is 76.9 Å². The third-order valence-electron chi connectivity index (χ3n) is 3.38. The van der Waals surface area contributed by atoms with E-state index < -0.39 is 6.10 Å². The van der Waals surface area contributed by atoms with Gasteiger partial charge in [-0.1, -0.05) is 38.5 Å². The lowest BCUT2D eigenvalue weighted by atomic mass is 10.0. The number of ether oxygens (including phenoxy) is 1. The summed E-state index contributed by atoms with van der Waals surface area (Å²) in [4.78, 5) is 11.5. The molecule has 2 atom stereocenters. The second kappa shape index (κ2) is 9.15. The highest BCUT2D eigenvalue weighted by Gasteiger charge is 2.08. The molecule has 3 heteroatoms. The predicted octanol–water partition coefficient (Wildman–Crippen LogP) is 3.36. The Morgan fingerprint density at radius 3 is 2.28 bits per heavy atom. The number of aliphatic hydroxyl groups is 1. The van der Waals surface area contributed by atoms with E-state index in [4.69, 9.17) is 4.74 Å². The Labute approximate surface area is 110 Å². The molecule has 3 nitrogen and oxygen atoms in total. The van der Waals surface area contributed by atoms with E-state index in [0.717, 1.165) is 25.7 Å². The summed E-state index contributed by atoms with van der Waals surface area (Å²) in [6.07, 6.45) is 12.4. The standard InChI is InChI=1S/C15H26O3/c1-13-9-7-5-3-2-4-6-8-10-14(16)11-12-15(17)18-13/h11-14,16H,2-10H2,1H3/b12-11+/t13-,14-/m0/s1. The monoisotopic (exact) mass is 254 g/mol. The van der Waals surface area contributed by atoms with E-state index >= 15 is 0 Å². The highest BCUT2D eigenvalue weighted by Crippen LogP contribution is 2.13. The molecule has 0 saturated heterocycles. The SMILES string of the molecule is C[C@H]1CCCCCCCCC[C@H](O)/C=C/C(=O)O1. The van der Waals surface area contributed by atoms with Crippen molar-refractivity contribution in [2.75, 3.05) is 0 Å². The van der Waals surface area contributed by atoms with Gasteiger partial charge >= 0.3 is 5.97 Å². The van der Waals surface area contributed by atoms with Gasteiger partial charge in [0.1, 0.15) is 0 Å². The molecule has 0 aromatic heterocycles. The number of carbonyl (C=O) groups is 1. The maximum absolute atomic E-state index is 11.5. The lowest BCUT2D eigenvalue weighted by Gasteiger charge is -2.11. The summed E-state index contributed by atoms with van der Waals surface area (Å²) in [7, 11) is 0. The summed E-state index contributed by atoms with van der Waals surface area (Å²) in [5, 5.41) is 9.66. The van der Waals surface area contributed by atoms with Crippen molar-refractivity contribution in [3.8, 4) is 0 Å². The summed E-state index contributed by atoms with van der Waals surface area (Å²) < 4.78 is 5.24. The van der Waals surface area contributed by atoms with Gasteiger partial charge in [0.25, 0.3) is 0 Å². The highest BCUT2D eigenvalue weighted by atomic mass is 16.5. The maximum atomic E-state index is 11.5. The lowest BCUT2D eigenvalue weighted by Crippen LogP contribution is -2.13. The van der Waals surface area contributed by atoms with Crippen LogP contribution in [0.5, 0.6) is 0 Å². The van der Waals surface area contributed by atoms with Gasteiger partial charge in [-0.05, 0) is 32.3 Å². The summed E-state index contributed by atoms with van der Waals surface area (Å²) in [5.74, 6) is -0.337. The van der Waals surface area contributed by atoms with Gasteiger partial charge < -0.3 is 9.84 Å².